The molecule has 3 N–H and O–H groups in total. The molecule has 0 radical (unpaired) electrons. The van der Waals surface area contributed by atoms with Gasteiger partial charge in [0, 0.05) is 37.9 Å². The number of carbonyl (C=O) groups is 1. The number of nitrogens with zero attached hydrogens (tertiary/aromatic N) is 3. The number of aromatic nitrogens is 2. The van der Waals surface area contributed by atoms with E-state index in [2.05, 4.69) is 30.8 Å². The van der Waals surface area contributed by atoms with Gasteiger partial charge in [0.1, 0.15) is 23.2 Å². The highest BCUT2D eigenvalue weighted by Gasteiger charge is 2.15. The average Bonchev–Trinajstić information content (AvgIpc) is 3.20. The summed E-state index contributed by atoms with van der Waals surface area (Å²) >= 11 is 6.06. The Labute approximate surface area is 169 Å². The molecule has 0 spiro atoms. The van der Waals surface area contributed by atoms with Crippen LogP contribution in [0.3, 0.4) is 0 Å². The highest BCUT2D eigenvalue weighted by molar-refractivity contribution is 6.32. The van der Waals surface area contributed by atoms with Gasteiger partial charge in [-0.15, -0.1) is 0 Å². The minimum atomic E-state index is -0.306. The van der Waals surface area contributed by atoms with Gasteiger partial charge in [0.15, 0.2) is 0 Å². The molecule has 0 unspecified atom stereocenters. The summed E-state index contributed by atoms with van der Waals surface area (Å²) in [5, 5.41) is 9.21. The standard InChI is InChI=1S/C19H25ClN6O2/c1-13-23-17(12-18(24-13)26-9-3-4-10-26)21-7-8-22-19(27)25-14-5-6-16(28-2)15(20)11-14/h5-6,11-12H,3-4,7-10H2,1-2H3,(H,21,23,24)(H2,22,25,27). The maximum atomic E-state index is 12.0. The highest BCUT2D eigenvalue weighted by Crippen LogP contribution is 2.27. The molecule has 0 aliphatic carbocycles. The first kappa shape index (κ1) is 20.0. The number of aryl methyl sites for hydroxylation is 1. The summed E-state index contributed by atoms with van der Waals surface area (Å²) in [7, 11) is 1.54. The van der Waals surface area contributed by atoms with Gasteiger partial charge in [0.2, 0.25) is 0 Å². The van der Waals surface area contributed by atoms with Crippen LogP contribution in [0.5, 0.6) is 5.75 Å². The van der Waals surface area contributed by atoms with Gasteiger partial charge in [-0.1, -0.05) is 11.6 Å². The molecule has 1 aliphatic heterocycles. The van der Waals surface area contributed by atoms with Crippen molar-refractivity contribution < 1.29 is 9.53 Å². The lowest BCUT2D eigenvalue weighted by molar-refractivity contribution is 0.252. The summed E-state index contributed by atoms with van der Waals surface area (Å²) in [6.45, 7) is 4.95. The van der Waals surface area contributed by atoms with Crippen LogP contribution >= 0.6 is 11.6 Å². The molecule has 1 aliphatic rings. The van der Waals surface area contributed by atoms with E-state index in [9.17, 15) is 4.79 Å². The molecule has 1 saturated heterocycles. The van der Waals surface area contributed by atoms with Crippen LogP contribution in [0.1, 0.15) is 18.7 Å². The maximum absolute atomic E-state index is 12.0. The average molecular weight is 405 g/mol. The molecule has 0 saturated carbocycles. The Bertz CT molecular complexity index is 826. The van der Waals surface area contributed by atoms with E-state index in [1.54, 1.807) is 25.3 Å². The third-order valence-corrected chi connectivity index (χ3v) is 4.68. The summed E-state index contributed by atoms with van der Waals surface area (Å²) in [6, 6.07) is 6.72. The lowest BCUT2D eigenvalue weighted by atomic mass is 10.3. The zero-order valence-corrected chi connectivity index (χ0v) is 16.8. The Balaban J connectivity index is 1.45. The molecular weight excluding hydrogens is 380 g/mol. The number of ether oxygens (including phenoxy) is 1. The Morgan fingerprint density at radius 2 is 2.00 bits per heavy atom. The summed E-state index contributed by atoms with van der Waals surface area (Å²) in [5.74, 6) is 3.01. The van der Waals surface area contributed by atoms with Gasteiger partial charge < -0.3 is 25.6 Å². The van der Waals surface area contributed by atoms with E-state index in [-0.39, 0.29) is 6.03 Å². The number of amides is 2. The number of rotatable bonds is 7. The first-order chi connectivity index (χ1) is 13.5. The summed E-state index contributed by atoms with van der Waals surface area (Å²) in [4.78, 5) is 23.2. The van der Waals surface area contributed by atoms with Crippen molar-refractivity contribution >= 4 is 35.0 Å². The molecular formula is C19H25ClN6O2. The number of carbonyl (C=O) groups excluding carboxylic acids is 1. The predicted molar refractivity (Wildman–Crippen MR) is 112 cm³/mol. The smallest absolute Gasteiger partial charge is 0.319 e. The molecule has 0 bridgehead atoms. The number of benzene rings is 1. The molecule has 1 aromatic carbocycles. The number of hydrogen-bond acceptors (Lipinski definition) is 6. The van der Waals surface area contributed by atoms with Crippen LogP contribution in [0.4, 0.5) is 22.1 Å². The van der Waals surface area contributed by atoms with Crippen LogP contribution in [-0.4, -0.2) is 49.3 Å². The number of methoxy groups -OCH3 is 1. The van der Waals surface area contributed by atoms with E-state index in [4.69, 9.17) is 16.3 Å². The van der Waals surface area contributed by atoms with Crippen molar-refractivity contribution in [2.45, 2.75) is 19.8 Å². The van der Waals surface area contributed by atoms with Gasteiger partial charge in [0.25, 0.3) is 0 Å². The molecule has 28 heavy (non-hydrogen) atoms. The number of anilines is 3. The molecule has 0 atom stereocenters. The second-order valence-electron chi connectivity index (χ2n) is 6.51. The van der Waals surface area contributed by atoms with Crippen LogP contribution in [-0.2, 0) is 0 Å². The minimum Gasteiger partial charge on any atom is -0.495 e. The van der Waals surface area contributed by atoms with Crippen molar-refractivity contribution in [3.8, 4) is 5.75 Å². The molecule has 2 amide bonds. The van der Waals surface area contributed by atoms with Gasteiger partial charge in [-0.3, -0.25) is 0 Å². The lowest BCUT2D eigenvalue weighted by Crippen LogP contribution is -2.32. The number of hydrogen-bond donors (Lipinski definition) is 3. The van der Waals surface area contributed by atoms with Gasteiger partial charge in [0.05, 0.1) is 12.1 Å². The van der Waals surface area contributed by atoms with Crippen molar-refractivity contribution in [3.63, 3.8) is 0 Å². The number of nitrogens with one attached hydrogen (secondary N) is 3. The minimum absolute atomic E-state index is 0.306. The van der Waals surface area contributed by atoms with Crippen molar-refractivity contribution in [3.05, 3.63) is 35.1 Å². The van der Waals surface area contributed by atoms with Crippen LogP contribution in [0.15, 0.2) is 24.3 Å². The second-order valence-corrected chi connectivity index (χ2v) is 6.92. The maximum Gasteiger partial charge on any atom is 0.319 e. The summed E-state index contributed by atoms with van der Waals surface area (Å²) in [5.41, 5.74) is 0.595. The van der Waals surface area contributed by atoms with Gasteiger partial charge in [-0.2, -0.15) is 0 Å². The van der Waals surface area contributed by atoms with Gasteiger partial charge in [-0.25, -0.2) is 14.8 Å². The topological polar surface area (TPSA) is 91.4 Å². The number of halogens is 1. The fourth-order valence-electron chi connectivity index (χ4n) is 3.04. The van der Waals surface area contributed by atoms with Crippen molar-refractivity contribution in [1.29, 1.82) is 0 Å². The van der Waals surface area contributed by atoms with E-state index < -0.39 is 0 Å². The van der Waals surface area contributed by atoms with E-state index in [0.29, 0.717) is 29.5 Å². The fourth-order valence-corrected chi connectivity index (χ4v) is 3.29. The Morgan fingerprint density at radius 3 is 2.71 bits per heavy atom. The molecule has 9 heteroatoms. The fraction of sp³-hybridized carbons (Fsp3) is 0.421. The molecule has 2 aromatic rings. The zero-order valence-electron chi connectivity index (χ0n) is 16.1. The quantitative estimate of drug-likeness (QED) is 0.613. The third-order valence-electron chi connectivity index (χ3n) is 4.38. The summed E-state index contributed by atoms with van der Waals surface area (Å²) < 4.78 is 5.09. The van der Waals surface area contributed by atoms with Crippen molar-refractivity contribution in [2.75, 3.05) is 48.8 Å². The number of urea groups is 1. The SMILES string of the molecule is COc1ccc(NC(=O)NCCNc2cc(N3CCCC3)nc(C)n2)cc1Cl. The second kappa shape index (κ2) is 9.45. The predicted octanol–water partition coefficient (Wildman–Crippen LogP) is 3.28. The van der Waals surface area contributed by atoms with Crippen molar-refractivity contribution in [2.24, 2.45) is 0 Å². The van der Waals surface area contributed by atoms with Crippen LogP contribution < -0.4 is 25.6 Å². The Hall–Kier alpha value is -2.74. The summed E-state index contributed by atoms with van der Waals surface area (Å²) in [6.07, 6.45) is 2.40. The molecule has 3 rings (SSSR count). The normalized spacial score (nSPS) is 13.3. The third kappa shape index (κ3) is 5.39. The molecule has 8 nitrogen and oxygen atoms in total. The monoisotopic (exact) mass is 404 g/mol. The van der Waals surface area contributed by atoms with Crippen molar-refractivity contribution in [1.82, 2.24) is 15.3 Å². The van der Waals surface area contributed by atoms with Gasteiger partial charge in [-0.05, 0) is 38.0 Å². The van der Waals surface area contributed by atoms with E-state index in [0.717, 1.165) is 30.5 Å². The molecule has 1 aromatic heterocycles. The largest absolute Gasteiger partial charge is 0.495 e. The van der Waals surface area contributed by atoms with E-state index in [1.807, 2.05) is 13.0 Å². The van der Waals surface area contributed by atoms with Crippen LogP contribution in [0, 0.1) is 6.92 Å². The highest BCUT2D eigenvalue weighted by atomic mass is 35.5. The van der Waals surface area contributed by atoms with Crippen LogP contribution in [0.25, 0.3) is 0 Å². The lowest BCUT2D eigenvalue weighted by Gasteiger charge is -2.18. The molecule has 150 valence electrons. The van der Waals surface area contributed by atoms with E-state index >= 15 is 0 Å². The van der Waals surface area contributed by atoms with Gasteiger partial charge >= 0.3 is 6.03 Å². The van der Waals surface area contributed by atoms with Crippen LogP contribution in [0.2, 0.25) is 5.02 Å². The molecule has 2 heterocycles. The van der Waals surface area contributed by atoms with E-state index in [1.165, 1.54) is 12.8 Å². The Morgan fingerprint density at radius 1 is 1.21 bits per heavy atom. The first-order valence-corrected chi connectivity index (χ1v) is 9.66. The molecule has 1 fully saturated rings. The Kier molecular flexibility index (Phi) is 6.76. The first-order valence-electron chi connectivity index (χ1n) is 9.28. The zero-order chi connectivity index (χ0) is 19.9.